The average Bonchev–Trinajstić information content (AvgIpc) is 2.99. The number of hydrazone groups is 1. The predicted molar refractivity (Wildman–Crippen MR) is 88.6 cm³/mol. The first-order valence-corrected chi connectivity index (χ1v) is 7.34. The van der Waals surface area contributed by atoms with Crippen molar-refractivity contribution in [3.05, 3.63) is 35.9 Å². The van der Waals surface area contributed by atoms with Gasteiger partial charge in [0.05, 0.1) is 29.2 Å². The smallest absolute Gasteiger partial charge is 0.339 e. The number of anilines is 1. The van der Waals surface area contributed by atoms with E-state index in [1.54, 1.807) is 18.2 Å². The van der Waals surface area contributed by atoms with E-state index in [0.29, 0.717) is 16.7 Å². The summed E-state index contributed by atoms with van der Waals surface area (Å²) in [6, 6.07) is 6.62. The molecule has 9 nitrogen and oxygen atoms in total. The van der Waals surface area contributed by atoms with Gasteiger partial charge in [-0.15, -0.1) is 0 Å². The molecule has 0 atom stereocenters. The highest BCUT2D eigenvalue weighted by Crippen LogP contribution is 2.30. The number of hydrogen-bond donors (Lipinski definition) is 5. The van der Waals surface area contributed by atoms with E-state index in [0.717, 1.165) is 30.1 Å². The zero-order chi connectivity index (χ0) is 17.1. The Morgan fingerprint density at radius 3 is 2.67 bits per heavy atom. The molecule has 0 saturated carbocycles. The molecule has 0 aliphatic rings. The van der Waals surface area contributed by atoms with Crippen LogP contribution in [0.5, 0.6) is 17.2 Å². The minimum atomic E-state index is -0.635. The molecule has 2 amide bonds. The Bertz CT molecular complexity index is 917. The van der Waals surface area contributed by atoms with E-state index in [4.69, 9.17) is 0 Å². The van der Waals surface area contributed by atoms with Gasteiger partial charge in [0.15, 0.2) is 0 Å². The number of nitrogens with one attached hydrogen (secondary N) is 2. The van der Waals surface area contributed by atoms with Crippen LogP contribution < -0.4 is 10.7 Å². The monoisotopic (exact) mass is 345 g/mol. The van der Waals surface area contributed by atoms with Gasteiger partial charge < -0.3 is 20.6 Å². The zero-order valence-corrected chi connectivity index (χ0v) is 12.8. The van der Waals surface area contributed by atoms with Crippen LogP contribution in [0.25, 0.3) is 11.0 Å². The minimum Gasteiger partial charge on any atom is -0.508 e. The molecule has 3 rings (SSSR count). The van der Waals surface area contributed by atoms with Crippen molar-refractivity contribution in [1.29, 1.82) is 0 Å². The number of urea groups is 1. The maximum Gasteiger partial charge on any atom is 0.339 e. The van der Waals surface area contributed by atoms with Gasteiger partial charge in [0.2, 0.25) is 0 Å². The van der Waals surface area contributed by atoms with Crippen molar-refractivity contribution in [3.63, 3.8) is 0 Å². The number of phenolic OH excluding ortho intramolecular Hbond substituents is 3. The van der Waals surface area contributed by atoms with E-state index in [2.05, 4.69) is 24.6 Å². The number of fused-ring (bicyclic) bond motifs is 1. The number of carbonyl (C=O) groups is 1. The molecule has 2 aromatic carbocycles. The molecule has 0 unspecified atom stereocenters. The predicted octanol–water partition coefficient (Wildman–Crippen LogP) is 1.96. The van der Waals surface area contributed by atoms with Crippen molar-refractivity contribution in [2.24, 2.45) is 5.10 Å². The summed E-state index contributed by atoms with van der Waals surface area (Å²) in [6.45, 7) is 0. The lowest BCUT2D eigenvalue weighted by molar-refractivity contribution is 0.252. The Labute approximate surface area is 139 Å². The maximum atomic E-state index is 11.8. The summed E-state index contributed by atoms with van der Waals surface area (Å²) in [5, 5.41) is 34.6. The zero-order valence-electron chi connectivity index (χ0n) is 12.0. The van der Waals surface area contributed by atoms with Crippen molar-refractivity contribution in [2.45, 2.75) is 0 Å². The van der Waals surface area contributed by atoms with Gasteiger partial charge in [-0.2, -0.15) is 13.8 Å². The lowest BCUT2D eigenvalue weighted by atomic mass is 10.2. The van der Waals surface area contributed by atoms with E-state index >= 15 is 0 Å². The van der Waals surface area contributed by atoms with Crippen LogP contribution in [-0.4, -0.2) is 36.3 Å². The van der Waals surface area contributed by atoms with Gasteiger partial charge in [0.1, 0.15) is 28.3 Å². The summed E-state index contributed by atoms with van der Waals surface area (Å²) in [5.74, 6) is -1.05. The molecular weight excluding hydrogens is 334 g/mol. The highest BCUT2D eigenvalue weighted by Gasteiger charge is 2.09. The number of nitrogens with zero attached hydrogens (tertiary/aromatic N) is 3. The molecular formula is C14H11N5O4S. The Balaban J connectivity index is 1.69. The Kier molecular flexibility index (Phi) is 4.12. The molecule has 24 heavy (non-hydrogen) atoms. The quantitative estimate of drug-likeness (QED) is 0.363. The minimum absolute atomic E-state index is 0.0427. The summed E-state index contributed by atoms with van der Waals surface area (Å²) in [6.07, 6.45) is 1.05. The van der Waals surface area contributed by atoms with Gasteiger partial charge in [0.25, 0.3) is 0 Å². The van der Waals surface area contributed by atoms with E-state index in [1.807, 2.05) is 0 Å². The summed E-state index contributed by atoms with van der Waals surface area (Å²) in [5.41, 5.74) is 3.86. The lowest BCUT2D eigenvalue weighted by Crippen LogP contribution is -2.24. The van der Waals surface area contributed by atoms with E-state index < -0.39 is 6.03 Å². The molecule has 0 saturated heterocycles. The molecule has 0 aliphatic carbocycles. The van der Waals surface area contributed by atoms with Crippen molar-refractivity contribution in [1.82, 2.24) is 14.2 Å². The van der Waals surface area contributed by atoms with Gasteiger partial charge in [-0.25, -0.2) is 10.2 Å². The van der Waals surface area contributed by atoms with Crippen LogP contribution in [0.15, 0.2) is 35.4 Å². The van der Waals surface area contributed by atoms with Gasteiger partial charge in [-0.3, -0.25) is 0 Å². The van der Waals surface area contributed by atoms with E-state index in [9.17, 15) is 20.1 Å². The number of phenols is 3. The van der Waals surface area contributed by atoms with Crippen LogP contribution in [-0.2, 0) is 0 Å². The topological polar surface area (TPSA) is 140 Å². The number of benzene rings is 2. The summed E-state index contributed by atoms with van der Waals surface area (Å²) in [7, 11) is 0. The third kappa shape index (κ3) is 3.17. The molecule has 5 N–H and O–H groups in total. The maximum absolute atomic E-state index is 11.8. The third-order valence-electron chi connectivity index (χ3n) is 3.02. The first-order valence-electron chi connectivity index (χ1n) is 6.61. The van der Waals surface area contributed by atoms with Crippen LogP contribution in [0.2, 0.25) is 0 Å². The van der Waals surface area contributed by atoms with Gasteiger partial charge in [-0.05, 0) is 12.1 Å². The molecule has 3 aromatic rings. The fraction of sp³-hybridized carbons (Fsp3) is 0. The molecule has 1 aromatic heterocycles. The van der Waals surface area contributed by atoms with Crippen LogP contribution in [0.1, 0.15) is 5.56 Å². The fourth-order valence-electron chi connectivity index (χ4n) is 1.95. The molecule has 0 fully saturated rings. The standard InChI is InChI=1S/C14H11N5O4S/c20-7-4-11(21)8(12(22)5-7)6-15-17-14(23)16-9-2-1-3-10-13(9)19-24-18-10/h1-6,20-22H,(H2,16,17,23)/b15-6+. The second kappa shape index (κ2) is 6.38. The third-order valence-corrected chi connectivity index (χ3v) is 3.56. The van der Waals surface area contributed by atoms with Crippen molar-refractivity contribution >= 4 is 40.7 Å². The molecule has 0 spiro atoms. The van der Waals surface area contributed by atoms with Gasteiger partial charge >= 0.3 is 6.03 Å². The molecule has 122 valence electrons. The van der Waals surface area contributed by atoms with Gasteiger partial charge in [0, 0.05) is 12.1 Å². The van der Waals surface area contributed by atoms with E-state index in [-0.39, 0.29) is 22.8 Å². The number of amides is 2. The molecule has 1 heterocycles. The lowest BCUT2D eigenvalue weighted by Gasteiger charge is -2.05. The summed E-state index contributed by atoms with van der Waals surface area (Å²) < 4.78 is 8.16. The van der Waals surface area contributed by atoms with Crippen LogP contribution in [0, 0.1) is 0 Å². The first kappa shape index (κ1) is 15.5. The van der Waals surface area contributed by atoms with Gasteiger partial charge in [-0.1, -0.05) is 6.07 Å². The van der Waals surface area contributed by atoms with Crippen LogP contribution in [0.3, 0.4) is 0 Å². The van der Waals surface area contributed by atoms with Crippen LogP contribution >= 0.6 is 11.7 Å². The summed E-state index contributed by atoms with van der Waals surface area (Å²) >= 11 is 1.04. The largest absolute Gasteiger partial charge is 0.508 e. The van der Waals surface area contributed by atoms with Crippen molar-refractivity contribution in [2.75, 3.05) is 5.32 Å². The SMILES string of the molecule is O=C(N/N=C/c1c(O)cc(O)cc1O)Nc1cccc2nsnc12. The Morgan fingerprint density at radius 2 is 1.92 bits per heavy atom. The number of carbonyl (C=O) groups excluding carboxylic acids is 1. The number of rotatable bonds is 3. The van der Waals surface area contributed by atoms with Crippen molar-refractivity contribution in [3.8, 4) is 17.2 Å². The molecule has 0 bridgehead atoms. The number of aromatic hydroxyl groups is 3. The molecule has 0 aliphatic heterocycles. The average molecular weight is 345 g/mol. The highest BCUT2D eigenvalue weighted by atomic mass is 32.1. The normalized spacial score (nSPS) is 11.0. The van der Waals surface area contributed by atoms with E-state index in [1.165, 1.54) is 0 Å². The first-order chi connectivity index (χ1) is 11.5. The Morgan fingerprint density at radius 1 is 1.17 bits per heavy atom. The van der Waals surface area contributed by atoms with Crippen LogP contribution in [0.4, 0.5) is 10.5 Å². The number of hydrogen-bond acceptors (Lipinski definition) is 8. The second-order valence-electron chi connectivity index (χ2n) is 4.66. The fourth-order valence-corrected chi connectivity index (χ4v) is 2.50. The Hall–Kier alpha value is -3.40. The number of aromatic nitrogens is 2. The summed E-state index contributed by atoms with van der Waals surface area (Å²) in [4.78, 5) is 11.8. The van der Waals surface area contributed by atoms with Crippen molar-refractivity contribution < 1.29 is 20.1 Å². The second-order valence-corrected chi connectivity index (χ2v) is 5.19. The molecule has 0 radical (unpaired) electrons. The highest BCUT2D eigenvalue weighted by molar-refractivity contribution is 7.00. The molecule has 10 heteroatoms.